The number of aliphatic hydroxyl groups is 1. The molecule has 6 atom stereocenters. The minimum atomic E-state index is -0.928. The van der Waals surface area contributed by atoms with E-state index in [0.29, 0.717) is 19.5 Å². The quantitative estimate of drug-likeness (QED) is 0.496. The van der Waals surface area contributed by atoms with Crippen LogP contribution in [0.4, 0.5) is 5.69 Å². The molecule has 8 heteroatoms. The molecule has 0 radical (unpaired) electrons. The summed E-state index contributed by atoms with van der Waals surface area (Å²) in [4.78, 5) is 49.3. The SMILES string of the molecule is CC[C@@H](CO)N1C(=O)[C@@H]2[C@H]3C(=O)N(c4ccccc4)CC=C[C@@]3(C)S[C@@]23C=CCN(C(C)(C)CC(C)(C)C)C(=O)C13. The average Bonchev–Trinajstić information content (AvgIpc) is 3.15. The van der Waals surface area contributed by atoms with Gasteiger partial charge in [0.05, 0.1) is 29.2 Å². The van der Waals surface area contributed by atoms with Gasteiger partial charge in [0, 0.05) is 29.1 Å². The molecule has 2 saturated heterocycles. The van der Waals surface area contributed by atoms with Crippen molar-refractivity contribution < 1.29 is 19.5 Å². The zero-order valence-corrected chi connectivity index (χ0v) is 26.3. The summed E-state index contributed by atoms with van der Waals surface area (Å²) in [6, 6.07) is 8.26. The molecule has 5 rings (SSSR count). The smallest absolute Gasteiger partial charge is 0.247 e. The van der Waals surface area contributed by atoms with Crippen molar-refractivity contribution in [3.05, 3.63) is 54.6 Å². The minimum absolute atomic E-state index is 0.0108. The lowest BCUT2D eigenvalue weighted by atomic mass is 9.74. The van der Waals surface area contributed by atoms with Gasteiger partial charge in [-0.25, -0.2) is 0 Å². The predicted molar refractivity (Wildman–Crippen MR) is 164 cm³/mol. The maximum atomic E-state index is 14.8. The number of rotatable bonds is 6. The van der Waals surface area contributed by atoms with Crippen LogP contribution in [0.25, 0.3) is 0 Å². The highest BCUT2D eigenvalue weighted by Gasteiger charge is 2.74. The van der Waals surface area contributed by atoms with Gasteiger partial charge in [-0.05, 0) is 51.2 Å². The normalized spacial score (nSPS) is 32.5. The number of likely N-dealkylation sites (tertiary alicyclic amines) is 1. The maximum absolute atomic E-state index is 14.8. The van der Waals surface area contributed by atoms with Gasteiger partial charge in [-0.2, -0.15) is 0 Å². The van der Waals surface area contributed by atoms with E-state index in [2.05, 4.69) is 46.8 Å². The van der Waals surface area contributed by atoms with Crippen molar-refractivity contribution in [2.24, 2.45) is 17.3 Å². The van der Waals surface area contributed by atoms with Crippen molar-refractivity contribution in [1.82, 2.24) is 9.80 Å². The van der Waals surface area contributed by atoms with Crippen molar-refractivity contribution in [2.75, 3.05) is 24.6 Å². The molecule has 2 fully saturated rings. The van der Waals surface area contributed by atoms with Gasteiger partial charge in [0.2, 0.25) is 17.7 Å². The van der Waals surface area contributed by atoms with Crippen molar-refractivity contribution in [3.63, 3.8) is 0 Å². The lowest BCUT2D eigenvalue weighted by Gasteiger charge is -2.45. The standard InChI is InChI=1S/C33H45N3O4S/c1-8-22(20-37)36-26-29(40)35(31(5,6)21-30(2,3)4)19-13-17-33(26)25(28(36)39)24-27(38)34(23-14-10-9-11-15-23)18-12-16-32(24,7)41-33/h9-17,22,24-26,37H,8,18-21H2,1-7H3/t22-,24-,25-,26?,32+,33-/m0/s1. The number of hydrogen-bond donors (Lipinski definition) is 1. The van der Waals surface area contributed by atoms with Gasteiger partial charge in [0.15, 0.2) is 0 Å². The van der Waals surface area contributed by atoms with Gasteiger partial charge in [-0.3, -0.25) is 14.4 Å². The Kier molecular flexibility index (Phi) is 7.51. The molecule has 4 aliphatic heterocycles. The number of benzene rings is 1. The van der Waals surface area contributed by atoms with Crippen molar-refractivity contribution in [1.29, 1.82) is 0 Å². The number of fused-ring (bicyclic) bond motifs is 2. The Morgan fingerprint density at radius 1 is 0.951 bits per heavy atom. The van der Waals surface area contributed by atoms with Gasteiger partial charge in [-0.1, -0.05) is 70.2 Å². The van der Waals surface area contributed by atoms with E-state index in [0.717, 1.165) is 12.1 Å². The first-order valence-corrected chi connectivity index (χ1v) is 15.7. The monoisotopic (exact) mass is 579 g/mol. The lowest BCUT2D eigenvalue weighted by Crippen LogP contribution is -2.60. The third-order valence-corrected chi connectivity index (χ3v) is 11.1. The summed E-state index contributed by atoms with van der Waals surface area (Å²) < 4.78 is -1.60. The van der Waals surface area contributed by atoms with Crippen LogP contribution in [0.1, 0.15) is 61.3 Å². The number of amides is 3. The Morgan fingerprint density at radius 2 is 1.61 bits per heavy atom. The highest BCUT2D eigenvalue weighted by molar-refractivity contribution is 8.02. The van der Waals surface area contributed by atoms with E-state index in [9.17, 15) is 19.5 Å². The Hall–Kier alpha value is -2.58. The highest BCUT2D eigenvalue weighted by atomic mass is 32.2. The van der Waals surface area contributed by atoms with Gasteiger partial charge in [-0.15, -0.1) is 11.8 Å². The van der Waals surface area contributed by atoms with Gasteiger partial charge in [0.1, 0.15) is 6.04 Å². The molecule has 4 heterocycles. The number of aliphatic hydroxyl groups excluding tert-OH is 1. The lowest BCUT2D eigenvalue weighted by molar-refractivity contribution is -0.149. The fraction of sp³-hybridized carbons (Fsp3) is 0.606. The molecule has 1 unspecified atom stereocenters. The van der Waals surface area contributed by atoms with E-state index in [-0.39, 0.29) is 29.7 Å². The van der Waals surface area contributed by atoms with Crippen LogP contribution in [0.5, 0.6) is 0 Å². The molecule has 3 amide bonds. The van der Waals surface area contributed by atoms with Gasteiger partial charge >= 0.3 is 0 Å². The molecule has 1 aromatic rings. The van der Waals surface area contributed by atoms with Crippen LogP contribution in [0.3, 0.4) is 0 Å². The van der Waals surface area contributed by atoms with E-state index in [1.54, 1.807) is 21.6 Å². The van der Waals surface area contributed by atoms with Crippen LogP contribution in [0.15, 0.2) is 54.6 Å². The van der Waals surface area contributed by atoms with Crippen LogP contribution in [-0.2, 0) is 14.4 Å². The first-order chi connectivity index (χ1) is 19.2. The summed E-state index contributed by atoms with van der Waals surface area (Å²) in [7, 11) is 0. The Balaban J connectivity index is 1.65. The zero-order chi connectivity index (χ0) is 30.0. The topological polar surface area (TPSA) is 81.2 Å². The molecule has 7 nitrogen and oxygen atoms in total. The number of anilines is 1. The molecule has 0 aromatic heterocycles. The zero-order valence-electron chi connectivity index (χ0n) is 25.5. The predicted octanol–water partition coefficient (Wildman–Crippen LogP) is 4.66. The van der Waals surface area contributed by atoms with Crippen LogP contribution in [-0.4, -0.2) is 79.4 Å². The number of hydrogen-bond acceptors (Lipinski definition) is 5. The summed E-state index contributed by atoms with van der Waals surface area (Å²) in [6.07, 6.45) is 9.51. The van der Waals surface area contributed by atoms with Crippen molar-refractivity contribution >= 4 is 35.2 Å². The second-order valence-electron chi connectivity index (χ2n) is 14.1. The van der Waals surface area contributed by atoms with Gasteiger partial charge < -0.3 is 19.8 Å². The average molecular weight is 580 g/mol. The van der Waals surface area contributed by atoms with Crippen LogP contribution in [0, 0.1) is 17.3 Å². The van der Waals surface area contributed by atoms with Crippen LogP contribution in [0.2, 0.25) is 0 Å². The molecule has 1 aromatic carbocycles. The van der Waals surface area contributed by atoms with E-state index in [4.69, 9.17) is 0 Å². The minimum Gasteiger partial charge on any atom is -0.394 e. The largest absolute Gasteiger partial charge is 0.394 e. The summed E-state index contributed by atoms with van der Waals surface area (Å²) in [6.45, 7) is 15.3. The first-order valence-electron chi connectivity index (χ1n) is 14.9. The summed E-state index contributed by atoms with van der Waals surface area (Å²) in [5.74, 6) is -1.79. The highest BCUT2D eigenvalue weighted by Crippen LogP contribution is 2.66. The fourth-order valence-corrected chi connectivity index (χ4v) is 10.2. The number of carbonyl (C=O) groups is 3. The fourth-order valence-electron chi connectivity index (χ4n) is 8.05. The first kappa shape index (κ1) is 29.9. The van der Waals surface area contributed by atoms with E-state index >= 15 is 0 Å². The number of nitrogens with zero attached hydrogens (tertiary/aromatic N) is 3. The molecule has 41 heavy (non-hydrogen) atoms. The van der Waals surface area contributed by atoms with Crippen molar-refractivity contribution in [3.8, 4) is 0 Å². The molecule has 1 N–H and O–H groups in total. The second-order valence-corrected chi connectivity index (χ2v) is 15.9. The summed E-state index contributed by atoms with van der Waals surface area (Å²) in [5.41, 5.74) is 0.319. The molecule has 0 bridgehead atoms. The van der Waals surface area contributed by atoms with E-state index in [1.807, 2.05) is 61.2 Å². The van der Waals surface area contributed by atoms with Crippen LogP contribution >= 0.6 is 11.8 Å². The van der Waals surface area contributed by atoms with Crippen molar-refractivity contribution in [2.45, 2.75) is 88.4 Å². The van der Waals surface area contributed by atoms with Crippen LogP contribution < -0.4 is 4.90 Å². The Bertz CT molecular complexity index is 1270. The molecular formula is C33H45N3O4S. The second kappa shape index (κ2) is 10.3. The number of thioether (sulfide) groups is 1. The molecule has 222 valence electrons. The third-order valence-electron chi connectivity index (χ3n) is 9.33. The van der Waals surface area contributed by atoms with E-state index in [1.165, 1.54) is 0 Å². The Morgan fingerprint density at radius 3 is 2.22 bits per heavy atom. The van der Waals surface area contributed by atoms with Gasteiger partial charge in [0.25, 0.3) is 0 Å². The number of para-hydroxylation sites is 1. The maximum Gasteiger partial charge on any atom is 0.247 e. The Labute approximate surface area is 249 Å². The molecule has 0 saturated carbocycles. The molecule has 1 spiro atoms. The summed E-state index contributed by atoms with van der Waals surface area (Å²) in [5, 5.41) is 10.4. The molecular weight excluding hydrogens is 534 g/mol. The summed E-state index contributed by atoms with van der Waals surface area (Å²) >= 11 is 1.59. The molecule has 4 aliphatic rings. The third kappa shape index (κ3) is 4.75. The molecule has 0 aliphatic carbocycles. The van der Waals surface area contributed by atoms with E-state index < -0.39 is 39.0 Å². The number of carbonyl (C=O) groups excluding carboxylic acids is 3.